The van der Waals surface area contributed by atoms with Crippen LogP contribution in [0, 0.1) is 0 Å². The minimum atomic E-state index is -0.352. The first-order chi connectivity index (χ1) is 18.1. The van der Waals surface area contributed by atoms with Gasteiger partial charge in [0.05, 0.1) is 30.0 Å². The molecule has 4 rings (SSSR count). The standard InChI is InChI=1S/C31H28N2O4.ClH/c1-3-36-30(34)23-11-15-27(16-12-23)32-20-19-29(26-10-9-22-7-5-6-8-25(22)21-26)33-28-17-13-24(14-18-28)31(35)37-4-2;/h5-21,33H,3-4H2,1-2H3;1H/b29-19-,32-20?;. The van der Waals surface area contributed by atoms with Gasteiger partial charge >= 0.3 is 11.9 Å². The second-order valence-electron chi connectivity index (χ2n) is 8.11. The van der Waals surface area contributed by atoms with Gasteiger partial charge in [-0.15, -0.1) is 12.4 Å². The number of aliphatic imine (C=N–C) groups is 1. The molecule has 4 aromatic carbocycles. The van der Waals surface area contributed by atoms with Gasteiger partial charge in [0.15, 0.2) is 0 Å². The fourth-order valence-corrected chi connectivity index (χ4v) is 3.72. The van der Waals surface area contributed by atoms with Crippen molar-refractivity contribution in [1.29, 1.82) is 0 Å². The number of carbonyl (C=O) groups excluding carboxylic acids is 2. The number of esters is 2. The molecule has 7 heteroatoms. The van der Waals surface area contributed by atoms with Gasteiger partial charge in [0.2, 0.25) is 0 Å². The predicted octanol–water partition coefficient (Wildman–Crippen LogP) is 7.47. The third-order valence-electron chi connectivity index (χ3n) is 5.58. The average molecular weight is 529 g/mol. The average Bonchev–Trinajstić information content (AvgIpc) is 2.93. The molecule has 0 radical (unpaired) electrons. The highest BCUT2D eigenvalue weighted by Gasteiger charge is 2.08. The number of nitrogens with one attached hydrogen (secondary N) is 1. The lowest BCUT2D eigenvalue weighted by atomic mass is 10.0. The van der Waals surface area contributed by atoms with Crippen molar-refractivity contribution in [1.82, 2.24) is 0 Å². The normalized spacial score (nSPS) is 11.2. The molecule has 1 N–H and O–H groups in total. The fraction of sp³-hybridized carbons (Fsp3) is 0.129. The van der Waals surface area contributed by atoms with Crippen LogP contribution in [0.5, 0.6) is 0 Å². The van der Waals surface area contributed by atoms with Gasteiger partial charge in [0.25, 0.3) is 0 Å². The Hall–Kier alpha value is -4.42. The molecule has 0 heterocycles. The molecular weight excluding hydrogens is 500 g/mol. The highest BCUT2D eigenvalue weighted by molar-refractivity contribution is 5.95. The quantitative estimate of drug-likeness (QED) is 0.180. The maximum atomic E-state index is 12.0. The summed E-state index contributed by atoms with van der Waals surface area (Å²) in [4.78, 5) is 28.4. The molecule has 0 saturated heterocycles. The van der Waals surface area contributed by atoms with Crippen molar-refractivity contribution >= 4 is 58.4 Å². The smallest absolute Gasteiger partial charge is 0.338 e. The number of ether oxygens (including phenoxy) is 2. The number of hydrogen-bond acceptors (Lipinski definition) is 6. The molecule has 0 unspecified atom stereocenters. The number of nitrogens with zero attached hydrogens (tertiary/aromatic N) is 1. The van der Waals surface area contributed by atoms with E-state index in [4.69, 9.17) is 9.47 Å². The summed E-state index contributed by atoms with van der Waals surface area (Å²) in [6.45, 7) is 4.22. The second-order valence-corrected chi connectivity index (χ2v) is 8.11. The Labute approximate surface area is 228 Å². The zero-order valence-corrected chi connectivity index (χ0v) is 22.0. The van der Waals surface area contributed by atoms with Gasteiger partial charge in [-0.2, -0.15) is 0 Å². The molecule has 6 nitrogen and oxygen atoms in total. The van der Waals surface area contributed by atoms with E-state index in [0.29, 0.717) is 30.0 Å². The van der Waals surface area contributed by atoms with Gasteiger partial charge in [0.1, 0.15) is 0 Å². The first kappa shape index (κ1) is 28.2. The summed E-state index contributed by atoms with van der Waals surface area (Å²) in [6, 6.07) is 28.5. The van der Waals surface area contributed by atoms with Crippen molar-refractivity contribution in [2.24, 2.45) is 4.99 Å². The van der Waals surface area contributed by atoms with E-state index in [0.717, 1.165) is 27.7 Å². The van der Waals surface area contributed by atoms with Crippen LogP contribution in [0.4, 0.5) is 11.4 Å². The molecule has 0 aliphatic heterocycles. The number of anilines is 1. The van der Waals surface area contributed by atoms with Crippen LogP contribution >= 0.6 is 12.4 Å². The van der Waals surface area contributed by atoms with Crippen molar-refractivity contribution in [3.63, 3.8) is 0 Å². The zero-order chi connectivity index (χ0) is 26.0. The zero-order valence-electron chi connectivity index (χ0n) is 21.2. The molecule has 194 valence electrons. The number of carbonyl (C=O) groups is 2. The molecule has 0 atom stereocenters. The summed E-state index contributed by atoms with van der Waals surface area (Å²) in [6.07, 6.45) is 3.60. The van der Waals surface area contributed by atoms with Crippen molar-refractivity contribution in [3.05, 3.63) is 114 Å². The topological polar surface area (TPSA) is 77.0 Å². The van der Waals surface area contributed by atoms with E-state index in [1.165, 1.54) is 0 Å². The number of allylic oxidation sites excluding steroid dienone is 1. The second kappa shape index (κ2) is 13.8. The SMILES string of the molecule is CCOC(=O)c1ccc(N=C/C=C(\Nc2ccc(C(=O)OCC)cc2)c2ccc3ccccc3c2)cc1.Cl. The van der Waals surface area contributed by atoms with E-state index in [-0.39, 0.29) is 24.3 Å². The maximum Gasteiger partial charge on any atom is 0.338 e. The van der Waals surface area contributed by atoms with Crippen LogP contribution in [0.2, 0.25) is 0 Å². The summed E-state index contributed by atoms with van der Waals surface area (Å²) in [5, 5.41) is 5.71. The number of fused-ring (bicyclic) bond motifs is 1. The van der Waals surface area contributed by atoms with Gasteiger partial charge in [-0.25, -0.2) is 9.59 Å². The minimum Gasteiger partial charge on any atom is -0.462 e. The highest BCUT2D eigenvalue weighted by Crippen LogP contribution is 2.24. The Morgan fingerprint density at radius 2 is 1.29 bits per heavy atom. The Kier molecular flexibility index (Phi) is 10.2. The third-order valence-corrected chi connectivity index (χ3v) is 5.58. The van der Waals surface area contributed by atoms with Crippen LogP contribution in [0.15, 0.2) is 102 Å². The van der Waals surface area contributed by atoms with Crippen LogP contribution in [0.25, 0.3) is 16.5 Å². The molecule has 0 spiro atoms. The van der Waals surface area contributed by atoms with Crippen LogP contribution in [0.1, 0.15) is 40.1 Å². The van der Waals surface area contributed by atoms with Crippen molar-refractivity contribution in [2.45, 2.75) is 13.8 Å². The van der Waals surface area contributed by atoms with E-state index < -0.39 is 0 Å². The van der Waals surface area contributed by atoms with E-state index in [2.05, 4.69) is 40.6 Å². The predicted molar refractivity (Wildman–Crippen MR) is 156 cm³/mol. The van der Waals surface area contributed by atoms with Gasteiger partial charge in [-0.05, 0) is 90.9 Å². The molecule has 0 fully saturated rings. The summed E-state index contributed by atoms with van der Waals surface area (Å²) in [7, 11) is 0. The summed E-state index contributed by atoms with van der Waals surface area (Å²) < 4.78 is 10.1. The Morgan fingerprint density at radius 3 is 1.89 bits per heavy atom. The first-order valence-corrected chi connectivity index (χ1v) is 12.1. The van der Waals surface area contributed by atoms with E-state index in [1.807, 2.05) is 30.3 Å². The summed E-state index contributed by atoms with van der Waals surface area (Å²) in [5.41, 5.74) is 4.33. The summed E-state index contributed by atoms with van der Waals surface area (Å²) in [5.74, 6) is -0.699. The first-order valence-electron chi connectivity index (χ1n) is 12.1. The van der Waals surface area contributed by atoms with Crippen LogP contribution in [-0.2, 0) is 9.47 Å². The maximum absolute atomic E-state index is 12.0. The Bertz CT molecular complexity index is 1450. The molecule has 38 heavy (non-hydrogen) atoms. The van der Waals surface area contributed by atoms with Gasteiger partial charge in [-0.1, -0.05) is 36.4 Å². The van der Waals surface area contributed by atoms with Crippen LogP contribution in [0.3, 0.4) is 0 Å². The number of hydrogen-bond donors (Lipinski definition) is 1. The molecule has 0 saturated carbocycles. The largest absolute Gasteiger partial charge is 0.462 e. The number of rotatable bonds is 9. The molecule has 0 aliphatic rings. The highest BCUT2D eigenvalue weighted by atomic mass is 35.5. The van der Waals surface area contributed by atoms with Gasteiger partial charge in [0, 0.05) is 17.6 Å². The molecule has 4 aromatic rings. The van der Waals surface area contributed by atoms with Crippen LogP contribution in [-0.4, -0.2) is 31.4 Å². The lowest BCUT2D eigenvalue weighted by Gasteiger charge is -2.13. The third kappa shape index (κ3) is 7.31. The molecular formula is C31H29ClN2O4. The number of halogens is 1. The van der Waals surface area contributed by atoms with E-state index in [9.17, 15) is 9.59 Å². The minimum absolute atomic E-state index is 0. The van der Waals surface area contributed by atoms with Gasteiger partial charge in [-0.3, -0.25) is 4.99 Å². The molecule has 0 aromatic heterocycles. The molecule has 0 amide bonds. The van der Waals surface area contributed by atoms with E-state index >= 15 is 0 Å². The monoisotopic (exact) mass is 528 g/mol. The lowest BCUT2D eigenvalue weighted by Crippen LogP contribution is -2.05. The molecule has 0 bridgehead atoms. The van der Waals surface area contributed by atoms with Crippen molar-refractivity contribution < 1.29 is 19.1 Å². The Morgan fingerprint density at radius 1 is 0.737 bits per heavy atom. The number of benzene rings is 4. The van der Waals surface area contributed by atoms with Crippen LogP contribution < -0.4 is 5.32 Å². The summed E-state index contributed by atoms with van der Waals surface area (Å²) >= 11 is 0. The fourth-order valence-electron chi connectivity index (χ4n) is 3.72. The Balaban J connectivity index is 0.00000400. The lowest BCUT2D eigenvalue weighted by molar-refractivity contribution is 0.0517. The van der Waals surface area contributed by atoms with Crippen molar-refractivity contribution in [3.8, 4) is 0 Å². The van der Waals surface area contributed by atoms with Crippen molar-refractivity contribution in [2.75, 3.05) is 18.5 Å². The van der Waals surface area contributed by atoms with Gasteiger partial charge < -0.3 is 14.8 Å². The molecule has 0 aliphatic carbocycles. The van der Waals surface area contributed by atoms with E-state index in [1.54, 1.807) is 56.5 Å².